The van der Waals surface area contributed by atoms with Crippen LogP contribution >= 0.6 is 7.60 Å². The molecule has 1 rings (SSSR count). The topological polar surface area (TPSA) is 77.0 Å². The summed E-state index contributed by atoms with van der Waals surface area (Å²) in [6.45, 7) is 3.80. The average Bonchev–Trinajstić information content (AvgIpc) is 2.52. The maximum atomic E-state index is 12.0. The molecule has 7 heteroatoms. The molecule has 14 heavy (non-hydrogen) atoms. The van der Waals surface area contributed by atoms with Gasteiger partial charge in [-0.25, -0.2) is 4.99 Å². The number of hydrogen-bond acceptors (Lipinski definition) is 5. The highest BCUT2D eigenvalue weighted by Crippen LogP contribution is 2.54. The Bertz CT molecular complexity index is 281. The number of aliphatic imine (C=N–C) groups is 1. The van der Waals surface area contributed by atoms with E-state index in [1.807, 2.05) is 0 Å². The molecule has 1 heterocycles. The van der Waals surface area contributed by atoms with E-state index in [1.54, 1.807) is 13.8 Å². The Morgan fingerprint density at radius 3 is 2.43 bits per heavy atom. The molecule has 1 atom stereocenters. The molecule has 0 fully saturated rings. The van der Waals surface area contributed by atoms with Crippen molar-refractivity contribution in [3.63, 3.8) is 0 Å². The molecule has 1 aliphatic heterocycles. The van der Waals surface area contributed by atoms with Crippen molar-refractivity contribution < 1.29 is 18.4 Å². The van der Waals surface area contributed by atoms with Gasteiger partial charge < -0.3 is 14.4 Å². The van der Waals surface area contributed by atoms with E-state index in [9.17, 15) is 9.36 Å². The first-order valence-electron chi connectivity index (χ1n) is 4.35. The highest BCUT2D eigenvalue weighted by molar-refractivity contribution is 7.55. The van der Waals surface area contributed by atoms with Crippen LogP contribution in [0.5, 0.6) is 0 Å². The highest BCUT2D eigenvalue weighted by atomic mass is 31.2. The van der Waals surface area contributed by atoms with E-state index in [2.05, 4.69) is 10.3 Å². The molecular formula is C7H13N2O4P. The summed E-state index contributed by atoms with van der Waals surface area (Å²) in [5.74, 6) is -1.50. The highest BCUT2D eigenvalue weighted by Gasteiger charge is 2.42. The minimum absolute atomic E-state index is 0.219. The van der Waals surface area contributed by atoms with Gasteiger partial charge in [0, 0.05) is 0 Å². The van der Waals surface area contributed by atoms with Gasteiger partial charge in [0.1, 0.15) is 0 Å². The van der Waals surface area contributed by atoms with E-state index in [4.69, 9.17) is 9.05 Å². The normalized spacial score (nSPS) is 21.3. The first-order valence-corrected chi connectivity index (χ1v) is 5.96. The SMILES string of the molecule is CCOP(=O)(OCC)[C@@H]1N=CNC1=O. The Morgan fingerprint density at radius 1 is 1.50 bits per heavy atom. The monoisotopic (exact) mass is 220 g/mol. The van der Waals surface area contributed by atoms with Gasteiger partial charge in [-0.2, -0.15) is 0 Å². The van der Waals surface area contributed by atoms with Crippen LogP contribution < -0.4 is 5.32 Å². The van der Waals surface area contributed by atoms with Crippen LogP contribution in [0.1, 0.15) is 13.8 Å². The quantitative estimate of drug-likeness (QED) is 0.693. The third kappa shape index (κ3) is 2.20. The second-order valence-electron chi connectivity index (χ2n) is 2.54. The zero-order valence-corrected chi connectivity index (χ0v) is 8.99. The van der Waals surface area contributed by atoms with E-state index >= 15 is 0 Å². The molecule has 0 aromatic carbocycles. The summed E-state index contributed by atoms with van der Waals surface area (Å²) in [5.41, 5.74) is 0. The zero-order chi connectivity index (χ0) is 10.6. The molecule has 6 nitrogen and oxygen atoms in total. The Labute approximate surface area is 82.2 Å². The molecule has 80 valence electrons. The first kappa shape index (κ1) is 11.4. The maximum Gasteiger partial charge on any atom is 0.364 e. The Hall–Kier alpha value is -0.710. The molecule has 0 aromatic heterocycles. The largest absolute Gasteiger partial charge is 0.364 e. The van der Waals surface area contributed by atoms with Crippen LogP contribution in [0.2, 0.25) is 0 Å². The standard InChI is InChI=1S/C7H13N2O4P/c1-3-12-14(11,13-4-2)7-6(10)8-5-9-7/h5,7H,3-4H2,1-2H3,(H,8,9,10)/t7-/m0/s1. The molecule has 1 amide bonds. The first-order chi connectivity index (χ1) is 6.64. The maximum absolute atomic E-state index is 12.0. The smallest absolute Gasteiger partial charge is 0.315 e. The van der Waals surface area contributed by atoms with E-state index in [-0.39, 0.29) is 13.2 Å². The van der Waals surface area contributed by atoms with Crippen molar-refractivity contribution in [2.45, 2.75) is 19.6 Å². The molecule has 0 saturated heterocycles. The Kier molecular flexibility index (Phi) is 3.80. The van der Waals surface area contributed by atoms with Crippen molar-refractivity contribution in [2.75, 3.05) is 13.2 Å². The van der Waals surface area contributed by atoms with E-state index in [1.165, 1.54) is 6.34 Å². The van der Waals surface area contributed by atoms with Gasteiger partial charge >= 0.3 is 7.60 Å². The van der Waals surface area contributed by atoms with Crippen LogP contribution in [0, 0.1) is 0 Å². The van der Waals surface area contributed by atoms with Gasteiger partial charge in [-0.3, -0.25) is 9.36 Å². The predicted molar refractivity (Wildman–Crippen MR) is 51.3 cm³/mol. The Balaban J connectivity index is 2.81. The zero-order valence-electron chi connectivity index (χ0n) is 8.10. The fraction of sp³-hybridized carbons (Fsp3) is 0.714. The summed E-state index contributed by atoms with van der Waals surface area (Å²) < 4.78 is 22.0. The minimum Gasteiger partial charge on any atom is -0.315 e. The van der Waals surface area contributed by atoms with Gasteiger partial charge in [0.15, 0.2) is 0 Å². The summed E-state index contributed by atoms with van der Waals surface area (Å²) in [4.78, 5) is 14.9. The van der Waals surface area contributed by atoms with E-state index in [0.717, 1.165) is 0 Å². The molecule has 0 unspecified atom stereocenters. The molecule has 0 aliphatic carbocycles. The fourth-order valence-corrected chi connectivity index (χ4v) is 2.75. The molecule has 0 radical (unpaired) electrons. The van der Waals surface area contributed by atoms with Crippen molar-refractivity contribution in [2.24, 2.45) is 4.99 Å². The molecule has 0 aromatic rings. The van der Waals surface area contributed by atoms with Gasteiger partial charge in [0.25, 0.3) is 5.91 Å². The van der Waals surface area contributed by atoms with Crippen LogP contribution in [0.25, 0.3) is 0 Å². The lowest BCUT2D eigenvalue weighted by atomic mass is 10.6. The van der Waals surface area contributed by atoms with Gasteiger partial charge in [-0.1, -0.05) is 0 Å². The third-order valence-electron chi connectivity index (χ3n) is 1.57. The lowest BCUT2D eigenvalue weighted by Gasteiger charge is -2.19. The molecule has 1 aliphatic rings. The molecular weight excluding hydrogens is 207 g/mol. The third-order valence-corrected chi connectivity index (χ3v) is 3.78. The number of amides is 1. The van der Waals surface area contributed by atoms with Gasteiger partial charge in [-0.15, -0.1) is 0 Å². The summed E-state index contributed by atoms with van der Waals surface area (Å²) in [7, 11) is -3.43. The van der Waals surface area contributed by atoms with Gasteiger partial charge in [0.2, 0.25) is 5.78 Å². The molecule has 0 bridgehead atoms. The van der Waals surface area contributed by atoms with Crippen LogP contribution in [0.3, 0.4) is 0 Å². The Morgan fingerprint density at radius 2 is 2.07 bits per heavy atom. The van der Waals surface area contributed by atoms with Crippen molar-refractivity contribution in [3.8, 4) is 0 Å². The second-order valence-corrected chi connectivity index (χ2v) is 4.62. The number of carbonyl (C=O) groups excluding carboxylic acids is 1. The number of carbonyl (C=O) groups is 1. The van der Waals surface area contributed by atoms with Crippen molar-refractivity contribution in [1.29, 1.82) is 0 Å². The lowest BCUT2D eigenvalue weighted by molar-refractivity contribution is -0.118. The van der Waals surface area contributed by atoms with Gasteiger partial charge in [0.05, 0.1) is 19.6 Å². The van der Waals surface area contributed by atoms with E-state index < -0.39 is 19.3 Å². The summed E-state index contributed by atoms with van der Waals surface area (Å²) in [5, 5.41) is 2.33. The van der Waals surface area contributed by atoms with Crippen LogP contribution in [-0.2, 0) is 18.4 Å². The molecule has 1 N–H and O–H groups in total. The van der Waals surface area contributed by atoms with Gasteiger partial charge in [-0.05, 0) is 13.8 Å². The number of nitrogens with zero attached hydrogens (tertiary/aromatic N) is 1. The fourth-order valence-electron chi connectivity index (χ4n) is 1.08. The summed E-state index contributed by atoms with van der Waals surface area (Å²) >= 11 is 0. The number of nitrogens with one attached hydrogen (secondary N) is 1. The molecule has 0 saturated carbocycles. The molecule has 0 spiro atoms. The summed E-state index contributed by atoms with van der Waals surface area (Å²) in [6, 6.07) is 0. The van der Waals surface area contributed by atoms with Crippen LogP contribution in [-0.4, -0.2) is 31.2 Å². The lowest BCUT2D eigenvalue weighted by Crippen LogP contribution is -2.26. The second kappa shape index (κ2) is 4.68. The summed E-state index contributed by atoms with van der Waals surface area (Å²) in [6.07, 6.45) is 1.21. The van der Waals surface area contributed by atoms with E-state index in [0.29, 0.717) is 0 Å². The number of hydrogen-bond donors (Lipinski definition) is 1. The van der Waals surface area contributed by atoms with Crippen molar-refractivity contribution in [1.82, 2.24) is 5.32 Å². The average molecular weight is 220 g/mol. The minimum atomic E-state index is -3.43. The van der Waals surface area contributed by atoms with Crippen LogP contribution in [0.15, 0.2) is 4.99 Å². The van der Waals surface area contributed by atoms with Crippen molar-refractivity contribution >= 4 is 19.8 Å². The van der Waals surface area contributed by atoms with Crippen molar-refractivity contribution in [3.05, 3.63) is 0 Å². The number of rotatable bonds is 5. The predicted octanol–water partition coefficient (Wildman–Crippen LogP) is 0.737. The van der Waals surface area contributed by atoms with Crippen LogP contribution in [0.4, 0.5) is 0 Å².